The molecule has 6 nitrogen and oxygen atoms in total. The van der Waals surface area contributed by atoms with Gasteiger partial charge < -0.3 is 15.5 Å². The second-order valence-corrected chi connectivity index (χ2v) is 4.70. The predicted octanol–water partition coefficient (Wildman–Crippen LogP) is 2.81. The van der Waals surface area contributed by atoms with Crippen LogP contribution in [0.1, 0.15) is 19.4 Å². The average molecular weight is 286 g/mol. The molecule has 0 amide bonds. The number of benzene rings is 1. The third-order valence-corrected chi connectivity index (χ3v) is 3.20. The summed E-state index contributed by atoms with van der Waals surface area (Å²) in [4.78, 5) is 15.3. The first kappa shape index (κ1) is 15.0. The monoisotopic (exact) mass is 286 g/mol. The number of aryl methyl sites for hydroxylation is 1. The number of aromatic nitrogens is 3. The van der Waals surface area contributed by atoms with Gasteiger partial charge in [0.2, 0.25) is 17.8 Å². The fourth-order valence-corrected chi connectivity index (χ4v) is 1.95. The van der Waals surface area contributed by atoms with Gasteiger partial charge in [-0.15, -0.1) is 0 Å². The molecule has 0 aliphatic carbocycles. The van der Waals surface area contributed by atoms with Crippen molar-refractivity contribution in [2.75, 3.05) is 35.7 Å². The molecule has 0 radical (unpaired) electrons. The number of hydrogen-bond donors (Lipinski definition) is 2. The van der Waals surface area contributed by atoms with Crippen molar-refractivity contribution in [1.82, 2.24) is 15.0 Å². The summed E-state index contributed by atoms with van der Waals surface area (Å²) in [7, 11) is 1.80. The zero-order chi connectivity index (χ0) is 15.2. The van der Waals surface area contributed by atoms with Crippen LogP contribution >= 0.6 is 0 Å². The molecular weight excluding hydrogens is 264 g/mol. The van der Waals surface area contributed by atoms with Gasteiger partial charge in [0.15, 0.2) is 0 Å². The van der Waals surface area contributed by atoms with Crippen LogP contribution in [0.2, 0.25) is 0 Å². The fourth-order valence-electron chi connectivity index (χ4n) is 1.95. The Hall–Kier alpha value is -2.37. The van der Waals surface area contributed by atoms with E-state index in [-0.39, 0.29) is 0 Å². The SMILES string of the molecule is CCN(CC)c1nc(NC)nc(Nc2ccc(C)cc2)n1. The second-order valence-electron chi connectivity index (χ2n) is 4.70. The van der Waals surface area contributed by atoms with Gasteiger partial charge in [-0.3, -0.25) is 0 Å². The summed E-state index contributed by atoms with van der Waals surface area (Å²) in [6.45, 7) is 7.93. The first-order valence-electron chi connectivity index (χ1n) is 7.18. The lowest BCUT2D eigenvalue weighted by molar-refractivity contribution is 0.815. The highest BCUT2D eigenvalue weighted by Gasteiger charge is 2.10. The van der Waals surface area contributed by atoms with E-state index in [2.05, 4.69) is 51.3 Å². The van der Waals surface area contributed by atoms with E-state index in [1.807, 2.05) is 24.3 Å². The van der Waals surface area contributed by atoms with Crippen molar-refractivity contribution in [2.24, 2.45) is 0 Å². The summed E-state index contributed by atoms with van der Waals surface area (Å²) in [5.74, 6) is 1.77. The van der Waals surface area contributed by atoms with Crippen LogP contribution in [0.3, 0.4) is 0 Å². The Morgan fingerprint density at radius 3 is 2.14 bits per heavy atom. The second kappa shape index (κ2) is 6.88. The van der Waals surface area contributed by atoms with E-state index in [9.17, 15) is 0 Å². The molecule has 0 spiro atoms. The van der Waals surface area contributed by atoms with Crippen molar-refractivity contribution in [3.8, 4) is 0 Å². The topological polar surface area (TPSA) is 66.0 Å². The highest BCUT2D eigenvalue weighted by atomic mass is 15.3. The molecule has 0 saturated heterocycles. The van der Waals surface area contributed by atoms with E-state index in [4.69, 9.17) is 0 Å². The smallest absolute Gasteiger partial charge is 0.233 e. The summed E-state index contributed by atoms with van der Waals surface area (Å²) < 4.78 is 0. The van der Waals surface area contributed by atoms with Crippen LogP contribution in [-0.4, -0.2) is 35.1 Å². The highest BCUT2D eigenvalue weighted by molar-refractivity contribution is 5.56. The molecule has 21 heavy (non-hydrogen) atoms. The molecule has 0 saturated carbocycles. The number of nitrogens with one attached hydrogen (secondary N) is 2. The molecule has 2 rings (SSSR count). The van der Waals surface area contributed by atoms with Gasteiger partial charge in [0.25, 0.3) is 0 Å². The van der Waals surface area contributed by atoms with E-state index in [1.54, 1.807) is 7.05 Å². The quantitative estimate of drug-likeness (QED) is 0.851. The van der Waals surface area contributed by atoms with Crippen LogP contribution in [0.5, 0.6) is 0 Å². The summed E-state index contributed by atoms with van der Waals surface area (Å²) in [5.41, 5.74) is 2.18. The van der Waals surface area contributed by atoms with Crippen LogP contribution in [0.25, 0.3) is 0 Å². The Labute approximate surface area is 125 Å². The van der Waals surface area contributed by atoms with Gasteiger partial charge >= 0.3 is 0 Å². The van der Waals surface area contributed by atoms with Crippen LogP contribution in [-0.2, 0) is 0 Å². The number of rotatable bonds is 6. The van der Waals surface area contributed by atoms with Crippen LogP contribution in [0.4, 0.5) is 23.5 Å². The zero-order valence-electron chi connectivity index (χ0n) is 13.0. The molecule has 1 aromatic carbocycles. The summed E-state index contributed by atoms with van der Waals surface area (Å²) in [6.07, 6.45) is 0. The van der Waals surface area contributed by atoms with E-state index >= 15 is 0 Å². The first-order chi connectivity index (χ1) is 10.2. The molecule has 0 unspecified atom stereocenters. The summed E-state index contributed by atoms with van der Waals surface area (Å²) >= 11 is 0. The Bertz CT molecular complexity index is 577. The van der Waals surface area contributed by atoms with E-state index in [0.29, 0.717) is 17.8 Å². The van der Waals surface area contributed by atoms with E-state index in [0.717, 1.165) is 18.8 Å². The van der Waals surface area contributed by atoms with Gasteiger partial charge in [0.05, 0.1) is 0 Å². The first-order valence-corrected chi connectivity index (χ1v) is 7.18. The maximum absolute atomic E-state index is 4.49. The third-order valence-electron chi connectivity index (χ3n) is 3.20. The van der Waals surface area contributed by atoms with Crippen molar-refractivity contribution in [3.63, 3.8) is 0 Å². The zero-order valence-corrected chi connectivity index (χ0v) is 13.0. The predicted molar refractivity (Wildman–Crippen MR) is 87.4 cm³/mol. The molecule has 6 heteroatoms. The standard InChI is InChI=1S/C15H22N6/c1-5-21(6-2)15-19-13(16-4)18-14(20-15)17-12-9-7-11(3)8-10-12/h7-10H,5-6H2,1-4H3,(H2,16,17,18,19,20). The van der Waals surface area contributed by atoms with Crippen molar-refractivity contribution >= 4 is 23.5 Å². The van der Waals surface area contributed by atoms with Gasteiger partial charge in [-0.1, -0.05) is 17.7 Å². The molecular formula is C15H22N6. The number of anilines is 4. The Balaban J connectivity index is 2.29. The maximum atomic E-state index is 4.49. The third kappa shape index (κ3) is 3.81. The Morgan fingerprint density at radius 1 is 0.952 bits per heavy atom. The minimum atomic E-state index is 0.542. The molecule has 1 aromatic heterocycles. The van der Waals surface area contributed by atoms with Crippen LogP contribution < -0.4 is 15.5 Å². The molecule has 1 heterocycles. The lowest BCUT2D eigenvalue weighted by Crippen LogP contribution is -2.25. The number of hydrogen-bond acceptors (Lipinski definition) is 6. The van der Waals surface area contributed by atoms with E-state index < -0.39 is 0 Å². The minimum Gasteiger partial charge on any atom is -0.357 e. The number of nitrogens with zero attached hydrogens (tertiary/aromatic N) is 4. The molecule has 0 bridgehead atoms. The van der Waals surface area contributed by atoms with Gasteiger partial charge in [0, 0.05) is 25.8 Å². The van der Waals surface area contributed by atoms with Crippen molar-refractivity contribution in [1.29, 1.82) is 0 Å². The Morgan fingerprint density at radius 2 is 1.57 bits per heavy atom. The molecule has 0 fully saturated rings. The van der Waals surface area contributed by atoms with Crippen LogP contribution in [0.15, 0.2) is 24.3 Å². The maximum Gasteiger partial charge on any atom is 0.233 e. The van der Waals surface area contributed by atoms with Crippen LogP contribution in [0, 0.1) is 6.92 Å². The molecule has 112 valence electrons. The fraction of sp³-hybridized carbons (Fsp3) is 0.400. The largest absolute Gasteiger partial charge is 0.357 e. The molecule has 0 aliphatic rings. The van der Waals surface area contributed by atoms with Gasteiger partial charge in [0.1, 0.15) is 0 Å². The van der Waals surface area contributed by atoms with Crippen molar-refractivity contribution in [3.05, 3.63) is 29.8 Å². The van der Waals surface area contributed by atoms with Crippen molar-refractivity contribution in [2.45, 2.75) is 20.8 Å². The molecule has 0 atom stereocenters. The lowest BCUT2D eigenvalue weighted by atomic mass is 10.2. The van der Waals surface area contributed by atoms with Crippen molar-refractivity contribution < 1.29 is 0 Å². The van der Waals surface area contributed by atoms with Gasteiger partial charge in [-0.05, 0) is 32.9 Å². The summed E-state index contributed by atoms with van der Waals surface area (Å²) in [5, 5.41) is 6.20. The van der Waals surface area contributed by atoms with E-state index in [1.165, 1.54) is 5.56 Å². The van der Waals surface area contributed by atoms with Gasteiger partial charge in [-0.25, -0.2) is 0 Å². The minimum absolute atomic E-state index is 0.542. The molecule has 2 aromatic rings. The lowest BCUT2D eigenvalue weighted by Gasteiger charge is -2.19. The normalized spacial score (nSPS) is 10.3. The Kier molecular flexibility index (Phi) is 4.92. The highest BCUT2D eigenvalue weighted by Crippen LogP contribution is 2.17. The average Bonchev–Trinajstić information content (AvgIpc) is 2.50. The molecule has 2 N–H and O–H groups in total. The van der Waals surface area contributed by atoms with Gasteiger partial charge in [-0.2, -0.15) is 15.0 Å². The summed E-state index contributed by atoms with van der Waals surface area (Å²) in [6, 6.07) is 8.12. The molecule has 0 aliphatic heterocycles.